The van der Waals surface area contributed by atoms with E-state index in [1.165, 1.54) is 77.0 Å². The zero-order valence-electron chi connectivity index (χ0n) is 15.4. The van der Waals surface area contributed by atoms with Gasteiger partial charge in [-0.1, -0.05) is 71.1 Å². The smallest absolute Gasteiger partial charge is 0.165 e. The van der Waals surface area contributed by atoms with Crippen LogP contribution in [0.2, 0.25) is 0 Å². The normalized spacial score (nSPS) is 10.8. The van der Waals surface area contributed by atoms with Crippen LogP contribution in [0, 0.1) is 5.82 Å². The minimum Gasteiger partial charge on any atom is -0.494 e. The first-order chi connectivity index (χ1) is 11.7. The molecule has 0 aliphatic carbocycles. The van der Waals surface area contributed by atoms with Crippen molar-refractivity contribution in [2.24, 2.45) is 0 Å². The molecule has 1 rings (SSSR count). The van der Waals surface area contributed by atoms with Gasteiger partial charge in [0.2, 0.25) is 0 Å². The van der Waals surface area contributed by atoms with Crippen molar-refractivity contribution in [2.45, 2.75) is 84.0 Å². The molecule has 1 aromatic rings. The zero-order valence-corrected chi connectivity index (χ0v) is 15.4. The lowest BCUT2D eigenvalue weighted by atomic mass is 10.0. The number of ketones is 1. The van der Waals surface area contributed by atoms with E-state index in [0.29, 0.717) is 12.0 Å². The molecule has 0 spiro atoms. The predicted molar refractivity (Wildman–Crippen MR) is 98.4 cm³/mol. The number of carbonyl (C=O) groups is 1. The molecule has 0 saturated heterocycles. The second-order valence-corrected chi connectivity index (χ2v) is 6.56. The van der Waals surface area contributed by atoms with Gasteiger partial charge >= 0.3 is 0 Å². The largest absolute Gasteiger partial charge is 0.494 e. The minimum atomic E-state index is -0.470. The van der Waals surface area contributed by atoms with Gasteiger partial charge in [-0.2, -0.15) is 0 Å². The summed E-state index contributed by atoms with van der Waals surface area (Å²) in [5.74, 6) is -0.268. The van der Waals surface area contributed by atoms with Gasteiger partial charge < -0.3 is 4.74 Å². The fraction of sp³-hybridized carbons (Fsp3) is 0.667. The molecule has 1 aromatic carbocycles. The fourth-order valence-corrected chi connectivity index (χ4v) is 2.93. The second-order valence-electron chi connectivity index (χ2n) is 6.56. The summed E-state index contributed by atoms with van der Waals surface area (Å²) >= 11 is 0. The molecule has 136 valence electrons. The Morgan fingerprint density at radius 1 is 0.917 bits per heavy atom. The molecule has 24 heavy (non-hydrogen) atoms. The van der Waals surface area contributed by atoms with Crippen LogP contribution in [0.5, 0.6) is 5.75 Å². The summed E-state index contributed by atoms with van der Waals surface area (Å²) in [6, 6.07) is 4.44. The Kier molecular flexibility index (Phi) is 11.2. The van der Waals surface area contributed by atoms with E-state index in [1.807, 2.05) is 0 Å². The molecule has 3 heteroatoms. The van der Waals surface area contributed by atoms with Crippen LogP contribution in [0.15, 0.2) is 18.2 Å². The van der Waals surface area contributed by atoms with Crippen LogP contribution >= 0.6 is 0 Å². The van der Waals surface area contributed by atoms with Gasteiger partial charge in [0, 0.05) is 12.0 Å². The van der Waals surface area contributed by atoms with Gasteiger partial charge in [0.05, 0.1) is 7.11 Å². The van der Waals surface area contributed by atoms with Crippen molar-refractivity contribution >= 4 is 5.78 Å². The molecule has 0 bridgehead atoms. The Labute approximate surface area is 146 Å². The lowest BCUT2D eigenvalue weighted by Gasteiger charge is -2.05. The first-order valence-corrected chi connectivity index (χ1v) is 9.55. The summed E-state index contributed by atoms with van der Waals surface area (Å²) in [6.45, 7) is 2.25. The van der Waals surface area contributed by atoms with Crippen molar-refractivity contribution in [3.63, 3.8) is 0 Å². The third kappa shape index (κ3) is 8.47. The lowest BCUT2D eigenvalue weighted by Crippen LogP contribution is -2.00. The van der Waals surface area contributed by atoms with Crippen molar-refractivity contribution in [1.29, 1.82) is 0 Å². The Morgan fingerprint density at radius 3 is 1.96 bits per heavy atom. The van der Waals surface area contributed by atoms with Crippen LogP contribution < -0.4 is 4.74 Å². The number of benzene rings is 1. The van der Waals surface area contributed by atoms with Gasteiger partial charge in [0.25, 0.3) is 0 Å². The summed E-state index contributed by atoms with van der Waals surface area (Å²) in [4.78, 5) is 12.0. The predicted octanol–water partition coefficient (Wildman–Crippen LogP) is 6.72. The average Bonchev–Trinajstić information content (AvgIpc) is 2.59. The summed E-state index contributed by atoms with van der Waals surface area (Å²) in [7, 11) is 1.42. The van der Waals surface area contributed by atoms with Crippen molar-refractivity contribution in [1.82, 2.24) is 0 Å². The van der Waals surface area contributed by atoms with E-state index in [0.717, 1.165) is 12.8 Å². The molecule has 0 heterocycles. The summed E-state index contributed by atoms with van der Waals surface area (Å²) in [5, 5.41) is 0. The van der Waals surface area contributed by atoms with Crippen LogP contribution in [0.25, 0.3) is 0 Å². The quantitative estimate of drug-likeness (QED) is 0.278. The molecule has 0 aromatic heterocycles. The fourth-order valence-electron chi connectivity index (χ4n) is 2.93. The van der Waals surface area contributed by atoms with Crippen LogP contribution in [-0.4, -0.2) is 12.9 Å². The maximum atomic E-state index is 13.6. The average molecular weight is 336 g/mol. The molecule has 0 radical (unpaired) electrons. The van der Waals surface area contributed by atoms with E-state index < -0.39 is 5.82 Å². The first kappa shape index (κ1) is 20.7. The Bertz CT molecular complexity index is 471. The molecule has 0 fully saturated rings. The molecule has 2 nitrogen and oxygen atoms in total. The molecule has 0 atom stereocenters. The van der Waals surface area contributed by atoms with Crippen molar-refractivity contribution < 1.29 is 13.9 Å². The second kappa shape index (κ2) is 13.0. The van der Waals surface area contributed by atoms with E-state index in [9.17, 15) is 9.18 Å². The monoisotopic (exact) mass is 336 g/mol. The van der Waals surface area contributed by atoms with Crippen molar-refractivity contribution in [2.75, 3.05) is 7.11 Å². The van der Waals surface area contributed by atoms with Crippen molar-refractivity contribution in [3.8, 4) is 5.75 Å². The lowest BCUT2D eigenvalue weighted by molar-refractivity contribution is 0.0978. The first-order valence-electron chi connectivity index (χ1n) is 9.55. The standard InChI is InChI=1S/C21H33FO2/c1-3-4-5-6-7-8-9-10-11-12-13-14-20(23)18-15-16-21(24-2)19(22)17-18/h15-17H,3-14H2,1-2H3. The number of unbranched alkanes of at least 4 members (excludes halogenated alkanes) is 10. The molecule has 0 N–H and O–H groups in total. The number of methoxy groups -OCH3 is 1. The van der Waals surface area contributed by atoms with Gasteiger partial charge in [-0.15, -0.1) is 0 Å². The highest BCUT2D eigenvalue weighted by molar-refractivity contribution is 5.96. The molecular weight excluding hydrogens is 303 g/mol. The number of carbonyl (C=O) groups excluding carboxylic acids is 1. The molecule has 0 aliphatic rings. The van der Waals surface area contributed by atoms with Gasteiger partial charge in [-0.3, -0.25) is 4.79 Å². The highest BCUT2D eigenvalue weighted by Crippen LogP contribution is 2.19. The summed E-state index contributed by atoms with van der Waals surface area (Å²) in [5.41, 5.74) is 0.445. The van der Waals surface area contributed by atoms with E-state index in [1.54, 1.807) is 6.07 Å². The van der Waals surface area contributed by atoms with Gasteiger partial charge in [0.1, 0.15) is 0 Å². The minimum absolute atomic E-state index is 0.0208. The zero-order chi connectivity index (χ0) is 17.6. The van der Waals surface area contributed by atoms with E-state index in [-0.39, 0.29) is 11.5 Å². The number of rotatable bonds is 14. The molecule has 0 saturated carbocycles. The number of hydrogen-bond donors (Lipinski definition) is 0. The van der Waals surface area contributed by atoms with Crippen LogP contribution in [0.1, 0.15) is 94.3 Å². The summed E-state index contributed by atoms with van der Waals surface area (Å²) < 4.78 is 18.5. The molecule has 0 amide bonds. The maximum absolute atomic E-state index is 13.6. The SMILES string of the molecule is CCCCCCCCCCCCCC(=O)c1ccc(OC)c(F)c1. The van der Waals surface area contributed by atoms with Crippen LogP contribution in [-0.2, 0) is 0 Å². The van der Waals surface area contributed by atoms with Gasteiger partial charge in [0.15, 0.2) is 17.3 Å². The van der Waals surface area contributed by atoms with Crippen LogP contribution in [0.4, 0.5) is 4.39 Å². The molecule has 0 aliphatic heterocycles. The van der Waals surface area contributed by atoms with Crippen molar-refractivity contribution in [3.05, 3.63) is 29.6 Å². The van der Waals surface area contributed by atoms with E-state index >= 15 is 0 Å². The molecule has 0 unspecified atom stereocenters. The third-order valence-corrected chi connectivity index (χ3v) is 4.48. The highest BCUT2D eigenvalue weighted by atomic mass is 19.1. The van der Waals surface area contributed by atoms with E-state index in [2.05, 4.69) is 6.92 Å². The Hall–Kier alpha value is -1.38. The Balaban J connectivity index is 2.05. The summed E-state index contributed by atoms with van der Waals surface area (Å²) in [6.07, 6.45) is 14.4. The number of hydrogen-bond acceptors (Lipinski definition) is 2. The topological polar surface area (TPSA) is 26.3 Å². The van der Waals surface area contributed by atoms with Gasteiger partial charge in [-0.25, -0.2) is 4.39 Å². The maximum Gasteiger partial charge on any atom is 0.165 e. The van der Waals surface area contributed by atoms with Gasteiger partial charge in [-0.05, 0) is 24.6 Å². The van der Waals surface area contributed by atoms with Crippen LogP contribution in [0.3, 0.4) is 0 Å². The number of Topliss-reactive ketones (excluding diaryl/α,β-unsaturated/α-hetero) is 1. The number of halogens is 1. The Morgan fingerprint density at radius 2 is 1.46 bits per heavy atom. The van der Waals surface area contributed by atoms with E-state index in [4.69, 9.17) is 4.74 Å². The molecular formula is C21H33FO2. The number of ether oxygens (including phenoxy) is 1. The third-order valence-electron chi connectivity index (χ3n) is 4.48. The highest BCUT2D eigenvalue weighted by Gasteiger charge is 2.09.